The fraction of sp³-hybridized carbons (Fsp3) is 0.429. The molecule has 0 radical (unpaired) electrons. The van der Waals surface area contributed by atoms with Crippen LogP contribution >= 0.6 is 11.3 Å². The molecule has 2 heterocycles. The first-order valence-electron chi connectivity index (χ1n) is 6.56. The molecular weight excluding hydrogens is 256 g/mol. The van der Waals surface area contributed by atoms with E-state index in [4.69, 9.17) is 5.26 Å². The van der Waals surface area contributed by atoms with E-state index >= 15 is 0 Å². The molecular formula is C14H16N4S. The maximum absolute atomic E-state index is 8.68. The summed E-state index contributed by atoms with van der Waals surface area (Å²) >= 11 is 1.71. The van der Waals surface area contributed by atoms with Crippen LogP contribution in [0.15, 0.2) is 24.3 Å². The Morgan fingerprint density at radius 2 is 2.16 bits per heavy atom. The van der Waals surface area contributed by atoms with Gasteiger partial charge in [0.05, 0.1) is 22.8 Å². The van der Waals surface area contributed by atoms with Crippen molar-refractivity contribution in [3.05, 3.63) is 24.3 Å². The molecule has 4 nitrogen and oxygen atoms in total. The lowest BCUT2D eigenvalue weighted by molar-refractivity contribution is 0.242. The first kappa shape index (κ1) is 12.4. The topological polar surface area (TPSA) is 52.0 Å². The number of piperidine rings is 1. The normalized spacial score (nSPS) is 17.4. The lowest BCUT2D eigenvalue weighted by atomic mass is 10.1. The summed E-state index contributed by atoms with van der Waals surface area (Å²) in [4.78, 5) is 6.81. The molecule has 1 aromatic carbocycles. The van der Waals surface area contributed by atoms with E-state index in [9.17, 15) is 0 Å². The van der Waals surface area contributed by atoms with Gasteiger partial charge in [-0.05, 0) is 25.0 Å². The second-order valence-corrected chi connectivity index (χ2v) is 5.87. The van der Waals surface area contributed by atoms with Gasteiger partial charge in [-0.15, -0.1) is 0 Å². The smallest absolute Gasteiger partial charge is 0.184 e. The number of nitriles is 1. The molecule has 1 fully saturated rings. The third kappa shape index (κ3) is 2.86. The van der Waals surface area contributed by atoms with Crippen LogP contribution in [-0.4, -0.2) is 35.6 Å². The highest BCUT2D eigenvalue weighted by molar-refractivity contribution is 7.22. The van der Waals surface area contributed by atoms with Crippen LogP contribution in [0.4, 0.5) is 5.13 Å². The lowest BCUT2D eigenvalue weighted by Gasteiger charge is -2.30. The number of benzene rings is 1. The highest BCUT2D eigenvalue weighted by Crippen LogP contribution is 2.27. The van der Waals surface area contributed by atoms with E-state index < -0.39 is 0 Å². The SMILES string of the molecule is N#CCN1CCC(Nc2nc3ccccc3s2)CC1. The highest BCUT2D eigenvalue weighted by atomic mass is 32.1. The number of likely N-dealkylation sites (tertiary alicyclic amines) is 1. The Kier molecular flexibility index (Phi) is 3.62. The minimum absolute atomic E-state index is 0.482. The molecule has 0 bridgehead atoms. The number of thiazole rings is 1. The second-order valence-electron chi connectivity index (χ2n) is 4.84. The van der Waals surface area contributed by atoms with Crippen molar-refractivity contribution in [1.82, 2.24) is 9.88 Å². The van der Waals surface area contributed by atoms with Gasteiger partial charge in [0.2, 0.25) is 0 Å². The summed E-state index contributed by atoms with van der Waals surface area (Å²) in [6, 6.07) is 10.9. The van der Waals surface area contributed by atoms with Crippen molar-refractivity contribution < 1.29 is 0 Å². The van der Waals surface area contributed by atoms with Crippen LogP contribution in [0.3, 0.4) is 0 Å². The van der Waals surface area contributed by atoms with Crippen molar-refractivity contribution in [1.29, 1.82) is 5.26 Å². The Hall–Kier alpha value is -1.64. The lowest BCUT2D eigenvalue weighted by Crippen LogP contribution is -2.39. The van der Waals surface area contributed by atoms with Crippen LogP contribution in [0.1, 0.15) is 12.8 Å². The van der Waals surface area contributed by atoms with Crippen molar-refractivity contribution in [3.8, 4) is 6.07 Å². The first-order chi connectivity index (χ1) is 9.35. The van der Waals surface area contributed by atoms with Crippen LogP contribution in [0.5, 0.6) is 0 Å². The van der Waals surface area contributed by atoms with Gasteiger partial charge >= 0.3 is 0 Å². The summed E-state index contributed by atoms with van der Waals surface area (Å²) in [5, 5.41) is 13.2. The molecule has 1 aliphatic rings. The van der Waals surface area contributed by atoms with Gasteiger partial charge in [0, 0.05) is 19.1 Å². The Morgan fingerprint density at radius 1 is 1.37 bits per heavy atom. The molecule has 1 aliphatic heterocycles. The standard InChI is InChI=1S/C14H16N4S/c15-7-10-18-8-5-11(6-9-18)16-14-17-12-3-1-2-4-13(12)19-14/h1-4,11H,5-6,8-10H2,(H,16,17). The van der Waals surface area contributed by atoms with Crippen LogP contribution in [0, 0.1) is 11.3 Å². The maximum atomic E-state index is 8.68. The number of nitrogens with one attached hydrogen (secondary N) is 1. The van der Waals surface area contributed by atoms with Gasteiger partial charge in [-0.25, -0.2) is 4.98 Å². The summed E-state index contributed by atoms with van der Waals surface area (Å²) in [6.45, 7) is 2.54. The number of fused-ring (bicyclic) bond motifs is 1. The van der Waals surface area contributed by atoms with Gasteiger partial charge in [-0.2, -0.15) is 5.26 Å². The Morgan fingerprint density at radius 3 is 2.89 bits per heavy atom. The number of hydrogen-bond donors (Lipinski definition) is 1. The average Bonchev–Trinajstić information content (AvgIpc) is 2.83. The van der Waals surface area contributed by atoms with E-state index in [0.717, 1.165) is 36.6 Å². The summed E-state index contributed by atoms with van der Waals surface area (Å²) in [6.07, 6.45) is 2.16. The van der Waals surface area contributed by atoms with Crippen LogP contribution in [0.2, 0.25) is 0 Å². The molecule has 19 heavy (non-hydrogen) atoms. The molecule has 0 atom stereocenters. The third-order valence-corrected chi connectivity index (χ3v) is 4.47. The molecule has 3 rings (SSSR count). The van der Waals surface area contributed by atoms with Gasteiger partial charge in [0.1, 0.15) is 0 Å². The molecule has 1 N–H and O–H groups in total. The van der Waals surface area contributed by atoms with E-state index in [0.29, 0.717) is 12.6 Å². The molecule has 1 aromatic heterocycles. The number of hydrogen-bond acceptors (Lipinski definition) is 5. The zero-order valence-electron chi connectivity index (χ0n) is 10.7. The fourth-order valence-corrected chi connectivity index (χ4v) is 3.39. The first-order valence-corrected chi connectivity index (χ1v) is 7.38. The molecule has 0 aliphatic carbocycles. The quantitative estimate of drug-likeness (QED) is 0.873. The number of anilines is 1. The van der Waals surface area contributed by atoms with Crippen molar-refractivity contribution in [2.24, 2.45) is 0 Å². The van der Waals surface area contributed by atoms with Gasteiger partial charge in [0.25, 0.3) is 0 Å². The summed E-state index contributed by atoms with van der Waals surface area (Å²) in [5.74, 6) is 0. The minimum Gasteiger partial charge on any atom is -0.359 e. The van der Waals surface area contributed by atoms with Crippen molar-refractivity contribution >= 4 is 26.7 Å². The minimum atomic E-state index is 0.482. The molecule has 98 valence electrons. The molecule has 0 saturated carbocycles. The highest BCUT2D eigenvalue weighted by Gasteiger charge is 2.19. The number of nitrogens with zero attached hydrogens (tertiary/aromatic N) is 3. The van der Waals surface area contributed by atoms with E-state index in [1.54, 1.807) is 11.3 Å². The van der Waals surface area contributed by atoms with Crippen LogP contribution < -0.4 is 5.32 Å². The van der Waals surface area contributed by atoms with Gasteiger partial charge in [0.15, 0.2) is 5.13 Å². The molecule has 0 unspecified atom stereocenters. The predicted octanol–water partition coefficient (Wildman–Crippen LogP) is 2.70. The summed E-state index contributed by atoms with van der Waals surface area (Å²) in [5.41, 5.74) is 1.07. The molecule has 5 heteroatoms. The Bertz CT molecular complexity index is 560. The zero-order valence-corrected chi connectivity index (χ0v) is 11.5. The maximum Gasteiger partial charge on any atom is 0.184 e. The summed E-state index contributed by atoms with van der Waals surface area (Å²) in [7, 11) is 0. The monoisotopic (exact) mass is 272 g/mol. The second kappa shape index (κ2) is 5.55. The number of aromatic nitrogens is 1. The van der Waals surface area contributed by atoms with Gasteiger partial charge in [-0.1, -0.05) is 23.5 Å². The molecule has 1 saturated heterocycles. The largest absolute Gasteiger partial charge is 0.359 e. The molecule has 2 aromatic rings. The third-order valence-electron chi connectivity index (χ3n) is 3.50. The predicted molar refractivity (Wildman–Crippen MR) is 78.3 cm³/mol. The van der Waals surface area contributed by atoms with E-state index in [-0.39, 0.29) is 0 Å². The van der Waals surface area contributed by atoms with Gasteiger partial charge in [-0.3, -0.25) is 4.90 Å². The van der Waals surface area contributed by atoms with E-state index in [1.807, 2.05) is 18.2 Å². The fourth-order valence-electron chi connectivity index (χ4n) is 2.44. The Labute approximate surface area is 116 Å². The van der Waals surface area contributed by atoms with Gasteiger partial charge < -0.3 is 5.32 Å². The average molecular weight is 272 g/mol. The van der Waals surface area contributed by atoms with Crippen molar-refractivity contribution in [2.75, 3.05) is 25.0 Å². The van der Waals surface area contributed by atoms with E-state index in [2.05, 4.69) is 27.3 Å². The van der Waals surface area contributed by atoms with Crippen molar-refractivity contribution in [2.45, 2.75) is 18.9 Å². The van der Waals surface area contributed by atoms with Crippen LogP contribution in [-0.2, 0) is 0 Å². The van der Waals surface area contributed by atoms with E-state index in [1.165, 1.54) is 4.70 Å². The summed E-state index contributed by atoms with van der Waals surface area (Å²) < 4.78 is 1.23. The molecule has 0 amide bonds. The Balaban J connectivity index is 1.62. The number of rotatable bonds is 3. The number of para-hydroxylation sites is 1. The van der Waals surface area contributed by atoms with Crippen LogP contribution in [0.25, 0.3) is 10.2 Å². The zero-order chi connectivity index (χ0) is 13.1. The molecule has 0 spiro atoms. The van der Waals surface area contributed by atoms with Crippen molar-refractivity contribution in [3.63, 3.8) is 0 Å².